The van der Waals surface area contributed by atoms with Gasteiger partial charge in [0.15, 0.2) is 0 Å². The summed E-state index contributed by atoms with van der Waals surface area (Å²) in [6.07, 6.45) is 4.20. The van der Waals surface area contributed by atoms with Crippen molar-refractivity contribution in [2.75, 3.05) is 17.1 Å². The van der Waals surface area contributed by atoms with Gasteiger partial charge in [-0.2, -0.15) is 0 Å². The number of aryl methyl sites for hydroxylation is 1. The lowest BCUT2D eigenvalue weighted by atomic mass is 10.1. The zero-order chi connectivity index (χ0) is 11.2. The van der Waals surface area contributed by atoms with Crippen LogP contribution < -0.4 is 4.72 Å². The standard InChI is InChI=1S/C13H19NOS/c1-11-5-4-6-12(9-11)14-16-10-13-7-2-3-8-15-13/h4-6,9,13-14H,2-3,7-8,10H2,1H3. The van der Waals surface area contributed by atoms with Crippen LogP contribution in [-0.2, 0) is 4.74 Å². The molecular weight excluding hydrogens is 218 g/mol. The normalized spacial score (nSPS) is 20.7. The van der Waals surface area contributed by atoms with Crippen molar-refractivity contribution in [3.05, 3.63) is 29.8 Å². The summed E-state index contributed by atoms with van der Waals surface area (Å²) in [5.74, 6) is 1.04. The van der Waals surface area contributed by atoms with E-state index in [4.69, 9.17) is 4.74 Å². The molecule has 88 valence electrons. The maximum absolute atomic E-state index is 5.68. The summed E-state index contributed by atoms with van der Waals surface area (Å²) in [6.45, 7) is 3.05. The first-order valence-corrected chi connectivity index (χ1v) is 6.89. The molecule has 0 saturated carbocycles. The quantitative estimate of drug-likeness (QED) is 0.808. The minimum Gasteiger partial charge on any atom is -0.377 e. The highest BCUT2D eigenvalue weighted by molar-refractivity contribution is 8.00. The van der Waals surface area contributed by atoms with Crippen molar-refractivity contribution in [2.45, 2.75) is 32.3 Å². The molecule has 2 nitrogen and oxygen atoms in total. The molecule has 1 unspecified atom stereocenters. The van der Waals surface area contributed by atoms with Crippen LogP contribution in [0.2, 0.25) is 0 Å². The van der Waals surface area contributed by atoms with Gasteiger partial charge in [-0.1, -0.05) is 12.1 Å². The number of anilines is 1. The van der Waals surface area contributed by atoms with Crippen molar-refractivity contribution in [3.63, 3.8) is 0 Å². The average Bonchev–Trinajstić information content (AvgIpc) is 2.30. The molecule has 1 saturated heterocycles. The Balaban J connectivity index is 1.71. The number of benzene rings is 1. The molecule has 1 fully saturated rings. The van der Waals surface area contributed by atoms with Crippen molar-refractivity contribution in [3.8, 4) is 0 Å². The maximum Gasteiger partial charge on any atom is 0.0682 e. The van der Waals surface area contributed by atoms with Crippen molar-refractivity contribution >= 4 is 17.6 Å². The van der Waals surface area contributed by atoms with Crippen molar-refractivity contribution < 1.29 is 4.74 Å². The van der Waals surface area contributed by atoms with E-state index in [1.54, 1.807) is 11.9 Å². The van der Waals surface area contributed by atoms with Crippen LogP contribution in [0.1, 0.15) is 24.8 Å². The average molecular weight is 237 g/mol. The molecule has 1 heterocycles. The second-order valence-corrected chi connectivity index (χ2v) is 5.10. The van der Waals surface area contributed by atoms with Crippen LogP contribution in [0, 0.1) is 6.92 Å². The Hall–Kier alpha value is -0.670. The summed E-state index contributed by atoms with van der Waals surface area (Å²) >= 11 is 1.75. The van der Waals surface area contributed by atoms with Crippen LogP contribution in [0.4, 0.5) is 5.69 Å². The summed E-state index contributed by atoms with van der Waals surface area (Å²) in [7, 11) is 0. The van der Waals surface area contributed by atoms with Gasteiger partial charge in [-0.05, 0) is 55.8 Å². The molecule has 1 atom stereocenters. The van der Waals surface area contributed by atoms with E-state index in [-0.39, 0.29) is 0 Å². The molecule has 16 heavy (non-hydrogen) atoms. The number of hydrogen-bond acceptors (Lipinski definition) is 3. The van der Waals surface area contributed by atoms with Crippen molar-refractivity contribution in [2.24, 2.45) is 0 Å². The molecule has 1 aliphatic rings. The molecule has 0 bridgehead atoms. The summed E-state index contributed by atoms with van der Waals surface area (Å²) in [5.41, 5.74) is 2.47. The van der Waals surface area contributed by atoms with E-state index in [2.05, 4.69) is 35.9 Å². The van der Waals surface area contributed by atoms with Crippen molar-refractivity contribution in [1.82, 2.24) is 0 Å². The molecule has 1 N–H and O–H groups in total. The number of rotatable bonds is 4. The molecule has 2 rings (SSSR count). The molecule has 0 amide bonds. The predicted molar refractivity (Wildman–Crippen MR) is 70.9 cm³/mol. The minimum atomic E-state index is 0.441. The predicted octanol–water partition coefficient (Wildman–Crippen LogP) is 3.62. The molecule has 1 aliphatic heterocycles. The Bertz CT molecular complexity index is 323. The van der Waals surface area contributed by atoms with Gasteiger partial charge in [-0.3, -0.25) is 0 Å². The highest BCUT2D eigenvalue weighted by Crippen LogP contribution is 2.19. The van der Waals surface area contributed by atoms with Crippen LogP contribution in [0.5, 0.6) is 0 Å². The minimum absolute atomic E-state index is 0.441. The Kier molecular flexibility index (Phi) is 4.55. The van der Waals surface area contributed by atoms with Gasteiger partial charge in [0.2, 0.25) is 0 Å². The molecular formula is C13H19NOS. The molecule has 0 aromatic heterocycles. The lowest BCUT2D eigenvalue weighted by molar-refractivity contribution is 0.0316. The van der Waals surface area contributed by atoms with Gasteiger partial charge in [0.1, 0.15) is 0 Å². The molecule has 3 heteroatoms. The van der Waals surface area contributed by atoms with Gasteiger partial charge in [0.05, 0.1) is 6.10 Å². The first kappa shape index (κ1) is 11.8. The monoisotopic (exact) mass is 237 g/mol. The van der Waals surface area contributed by atoms with Gasteiger partial charge < -0.3 is 9.46 Å². The number of ether oxygens (including phenoxy) is 1. The maximum atomic E-state index is 5.68. The second kappa shape index (κ2) is 6.16. The molecule has 1 aromatic carbocycles. The molecule has 0 radical (unpaired) electrons. The summed E-state index contributed by atoms with van der Waals surface area (Å²) in [6, 6.07) is 8.45. The van der Waals surface area contributed by atoms with E-state index >= 15 is 0 Å². The van der Waals surface area contributed by atoms with E-state index < -0.39 is 0 Å². The third-order valence-electron chi connectivity index (χ3n) is 2.75. The third-order valence-corrected chi connectivity index (χ3v) is 3.67. The summed E-state index contributed by atoms with van der Waals surface area (Å²) in [4.78, 5) is 0. The zero-order valence-corrected chi connectivity index (χ0v) is 10.6. The smallest absolute Gasteiger partial charge is 0.0682 e. The third kappa shape index (κ3) is 3.72. The van der Waals surface area contributed by atoms with Gasteiger partial charge in [0.25, 0.3) is 0 Å². The van der Waals surface area contributed by atoms with E-state index in [0.29, 0.717) is 6.10 Å². The Morgan fingerprint density at radius 1 is 1.44 bits per heavy atom. The van der Waals surface area contributed by atoms with Gasteiger partial charge in [-0.25, -0.2) is 0 Å². The lowest BCUT2D eigenvalue weighted by Gasteiger charge is -2.22. The van der Waals surface area contributed by atoms with E-state index in [0.717, 1.165) is 12.4 Å². The van der Waals surface area contributed by atoms with Crippen LogP contribution in [-0.4, -0.2) is 18.5 Å². The van der Waals surface area contributed by atoms with Crippen LogP contribution in [0.3, 0.4) is 0 Å². The first-order valence-electron chi connectivity index (χ1n) is 5.91. The lowest BCUT2D eigenvalue weighted by Crippen LogP contribution is -2.21. The fraction of sp³-hybridized carbons (Fsp3) is 0.538. The fourth-order valence-corrected chi connectivity index (χ4v) is 2.69. The Morgan fingerprint density at radius 3 is 3.12 bits per heavy atom. The summed E-state index contributed by atoms with van der Waals surface area (Å²) < 4.78 is 9.05. The van der Waals surface area contributed by atoms with Crippen LogP contribution in [0.25, 0.3) is 0 Å². The zero-order valence-electron chi connectivity index (χ0n) is 9.74. The van der Waals surface area contributed by atoms with Gasteiger partial charge >= 0.3 is 0 Å². The highest BCUT2D eigenvalue weighted by Gasteiger charge is 2.13. The van der Waals surface area contributed by atoms with E-state index in [1.807, 2.05) is 0 Å². The van der Waals surface area contributed by atoms with E-state index in [1.165, 1.54) is 30.5 Å². The topological polar surface area (TPSA) is 21.3 Å². The van der Waals surface area contributed by atoms with Crippen LogP contribution in [0.15, 0.2) is 24.3 Å². The highest BCUT2D eigenvalue weighted by atomic mass is 32.2. The Morgan fingerprint density at radius 2 is 2.38 bits per heavy atom. The number of nitrogens with one attached hydrogen (secondary N) is 1. The van der Waals surface area contributed by atoms with Crippen molar-refractivity contribution in [1.29, 1.82) is 0 Å². The second-order valence-electron chi connectivity index (χ2n) is 4.27. The number of hydrogen-bond donors (Lipinski definition) is 1. The molecule has 0 spiro atoms. The first-order chi connectivity index (χ1) is 7.84. The largest absolute Gasteiger partial charge is 0.377 e. The van der Waals surface area contributed by atoms with E-state index in [9.17, 15) is 0 Å². The van der Waals surface area contributed by atoms with Gasteiger partial charge in [-0.15, -0.1) is 0 Å². The Labute approximate surface area is 102 Å². The molecule has 1 aromatic rings. The molecule has 0 aliphatic carbocycles. The SMILES string of the molecule is Cc1cccc(NSCC2CCCCO2)c1. The van der Waals surface area contributed by atoms with Gasteiger partial charge in [0, 0.05) is 18.0 Å². The summed E-state index contributed by atoms with van der Waals surface area (Å²) in [5, 5.41) is 0. The van der Waals surface area contributed by atoms with Crippen LogP contribution >= 0.6 is 11.9 Å². The fourth-order valence-electron chi connectivity index (χ4n) is 1.87.